The summed E-state index contributed by atoms with van der Waals surface area (Å²) in [6, 6.07) is 8.84. The normalized spacial score (nSPS) is 20.8. The summed E-state index contributed by atoms with van der Waals surface area (Å²) >= 11 is 3.65. The van der Waals surface area contributed by atoms with Crippen molar-refractivity contribution in [3.8, 4) is 0 Å². The monoisotopic (exact) mass is 340 g/mol. The summed E-state index contributed by atoms with van der Waals surface area (Å²) in [5, 5.41) is 3.44. The van der Waals surface area contributed by atoms with Crippen molar-refractivity contribution in [1.82, 2.24) is 10.2 Å². The van der Waals surface area contributed by atoms with Gasteiger partial charge >= 0.3 is 0 Å². The Kier molecular flexibility index (Phi) is 5.61. The minimum absolute atomic E-state index is 0.143. The van der Waals surface area contributed by atoms with E-state index in [0.717, 1.165) is 32.7 Å². The first-order chi connectivity index (χ1) is 9.54. The Bertz CT molecular complexity index is 436. The van der Waals surface area contributed by atoms with Crippen LogP contribution in [-0.2, 0) is 4.74 Å². The van der Waals surface area contributed by atoms with Crippen LogP contribution in [0.5, 0.6) is 0 Å². The van der Waals surface area contributed by atoms with E-state index < -0.39 is 0 Å². The zero-order valence-corrected chi connectivity index (χ0v) is 14.2. The molecule has 3 nitrogen and oxygen atoms in total. The highest BCUT2D eigenvalue weighted by Crippen LogP contribution is 2.27. The van der Waals surface area contributed by atoms with Crippen molar-refractivity contribution < 1.29 is 4.74 Å². The van der Waals surface area contributed by atoms with Gasteiger partial charge in [-0.25, -0.2) is 0 Å². The molecule has 0 saturated carbocycles. The predicted octanol–water partition coefficient (Wildman–Crippen LogP) is 3.21. The molecule has 0 aliphatic carbocycles. The van der Waals surface area contributed by atoms with E-state index >= 15 is 0 Å². The van der Waals surface area contributed by atoms with Crippen LogP contribution in [0.2, 0.25) is 0 Å². The Balaban J connectivity index is 1.99. The second kappa shape index (κ2) is 7.03. The van der Waals surface area contributed by atoms with E-state index in [4.69, 9.17) is 4.74 Å². The molecule has 0 spiro atoms. The van der Waals surface area contributed by atoms with Crippen LogP contribution in [0.1, 0.15) is 31.9 Å². The summed E-state index contributed by atoms with van der Waals surface area (Å²) in [5.74, 6) is 0. The molecule has 1 aliphatic heterocycles. The summed E-state index contributed by atoms with van der Waals surface area (Å²) in [6.07, 6.45) is 1.10. The third-order valence-corrected chi connectivity index (χ3v) is 4.86. The van der Waals surface area contributed by atoms with Gasteiger partial charge in [-0.05, 0) is 38.9 Å². The highest BCUT2D eigenvalue weighted by molar-refractivity contribution is 9.10. The third kappa shape index (κ3) is 3.82. The number of benzene rings is 1. The lowest BCUT2D eigenvalue weighted by molar-refractivity contribution is -0.0520. The number of nitrogens with zero attached hydrogens (tertiary/aromatic N) is 1. The van der Waals surface area contributed by atoms with E-state index in [-0.39, 0.29) is 5.54 Å². The molecule has 1 saturated heterocycles. The lowest BCUT2D eigenvalue weighted by Crippen LogP contribution is -2.53. The Morgan fingerprint density at radius 3 is 2.80 bits per heavy atom. The summed E-state index contributed by atoms with van der Waals surface area (Å²) in [5.41, 5.74) is 1.48. The van der Waals surface area contributed by atoms with Crippen LogP contribution in [0.4, 0.5) is 0 Å². The maximum atomic E-state index is 5.59. The van der Waals surface area contributed by atoms with Gasteiger partial charge in [-0.1, -0.05) is 34.1 Å². The second-order valence-corrected chi connectivity index (χ2v) is 6.86. The minimum Gasteiger partial charge on any atom is -0.378 e. The molecule has 112 valence electrons. The van der Waals surface area contributed by atoms with Crippen LogP contribution in [0, 0.1) is 0 Å². The standard InChI is InChI=1S/C16H25BrN2O/c1-16(2)12-20-11-10-19(16)9-8-15(18-3)13-6-4-5-7-14(13)17/h4-7,15,18H,8-12H2,1-3H3. The highest BCUT2D eigenvalue weighted by Gasteiger charge is 2.30. The van der Waals surface area contributed by atoms with E-state index in [1.165, 1.54) is 10.0 Å². The van der Waals surface area contributed by atoms with Crippen LogP contribution in [0.25, 0.3) is 0 Å². The molecule has 1 unspecified atom stereocenters. The number of morpholine rings is 1. The molecule has 0 aromatic heterocycles. The van der Waals surface area contributed by atoms with Crippen molar-refractivity contribution in [2.24, 2.45) is 0 Å². The Morgan fingerprint density at radius 1 is 1.40 bits per heavy atom. The molecule has 4 heteroatoms. The molecule has 1 N–H and O–H groups in total. The fraction of sp³-hybridized carbons (Fsp3) is 0.625. The van der Waals surface area contributed by atoms with Gasteiger partial charge in [0.1, 0.15) is 0 Å². The largest absolute Gasteiger partial charge is 0.378 e. The van der Waals surface area contributed by atoms with Gasteiger partial charge in [0.2, 0.25) is 0 Å². The molecule has 0 amide bonds. The van der Waals surface area contributed by atoms with Crippen molar-refractivity contribution in [2.45, 2.75) is 31.8 Å². The van der Waals surface area contributed by atoms with Crippen LogP contribution >= 0.6 is 15.9 Å². The fourth-order valence-corrected chi connectivity index (χ4v) is 3.36. The quantitative estimate of drug-likeness (QED) is 0.890. The number of rotatable bonds is 5. The maximum absolute atomic E-state index is 5.59. The number of halogens is 1. The van der Waals surface area contributed by atoms with Crippen molar-refractivity contribution in [3.05, 3.63) is 34.3 Å². The van der Waals surface area contributed by atoms with Gasteiger partial charge < -0.3 is 10.1 Å². The molecular weight excluding hydrogens is 316 g/mol. The van der Waals surface area contributed by atoms with Crippen LogP contribution in [-0.4, -0.2) is 43.8 Å². The zero-order valence-electron chi connectivity index (χ0n) is 12.7. The Hall–Kier alpha value is -0.420. The van der Waals surface area contributed by atoms with Crippen LogP contribution in [0.15, 0.2) is 28.7 Å². The first-order valence-corrected chi connectivity index (χ1v) is 8.08. The molecule has 1 aromatic carbocycles. The molecule has 1 atom stereocenters. The topological polar surface area (TPSA) is 24.5 Å². The first kappa shape index (κ1) is 16.0. The minimum atomic E-state index is 0.143. The van der Waals surface area contributed by atoms with Crippen LogP contribution < -0.4 is 5.32 Å². The molecule has 2 rings (SSSR count). The average molecular weight is 341 g/mol. The van der Waals surface area contributed by atoms with Crippen molar-refractivity contribution >= 4 is 15.9 Å². The van der Waals surface area contributed by atoms with Crippen molar-refractivity contribution in [2.75, 3.05) is 33.4 Å². The van der Waals surface area contributed by atoms with E-state index in [2.05, 4.69) is 64.3 Å². The molecule has 1 aliphatic rings. The second-order valence-electron chi connectivity index (χ2n) is 6.00. The van der Waals surface area contributed by atoms with Gasteiger partial charge in [-0.3, -0.25) is 4.90 Å². The van der Waals surface area contributed by atoms with Crippen molar-refractivity contribution in [3.63, 3.8) is 0 Å². The Morgan fingerprint density at radius 2 is 2.15 bits per heavy atom. The summed E-state index contributed by atoms with van der Waals surface area (Å²) in [7, 11) is 2.04. The average Bonchev–Trinajstić information content (AvgIpc) is 2.42. The van der Waals surface area contributed by atoms with Gasteiger partial charge in [-0.2, -0.15) is 0 Å². The zero-order chi connectivity index (χ0) is 14.6. The molecule has 0 radical (unpaired) electrons. The van der Waals surface area contributed by atoms with E-state index in [1.807, 2.05) is 7.05 Å². The molecule has 1 aromatic rings. The SMILES string of the molecule is CNC(CCN1CCOCC1(C)C)c1ccccc1Br. The number of nitrogens with one attached hydrogen (secondary N) is 1. The fourth-order valence-electron chi connectivity index (χ4n) is 2.80. The lowest BCUT2D eigenvalue weighted by Gasteiger charge is -2.42. The first-order valence-electron chi connectivity index (χ1n) is 7.29. The van der Waals surface area contributed by atoms with Gasteiger partial charge in [0.05, 0.1) is 13.2 Å². The highest BCUT2D eigenvalue weighted by atomic mass is 79.9. The number of hydrogen-bond acceptors (Lipinski definition) is 3. The molecule has 1 fully saturated rings. The smallest absolute Gasteiger partial charge is 0.0645 e. The summed E-state index contributed by atoms with van der Waals surface area (Å²) < 4.78 is 6.77. The number of hydrogen-bond donors (Lipinski definition) is 1. The van der Waals surface area contributed by atoms with Gasteiger partial charge in [-0.15, -0.1) is 0 Å². The van der Waals surface area contributed by atoms with Crippen molar-refractivity contribution in [1.29, 1.82) is 0 Å². The molecule has 20 heavy (non-hydrogen) atoms. The van der Waals surface area contributed by atoms with E-state index in [0.29, 0.717) is 6.04 Å². The maximum Gasteiger partial charge on any atom is 0.0645 e. The molecule has 0 bridgehead atoms. The molecular formula is C16H25BrN2O. The predicted molar refractivity (Wildman–Crippen MR) is 87.0 cm³/mol. The lowest BCUT2D eigenvalue weighted by atomic mass is 9.99. The van der Waals surface area contributed by atoms with Gasteiger partial charge in [0.15, 0.2) is 0 Å². The van der Waals surface area contributed by atoms with Crippen LogP contribution in [0.3, 0.4) is 0 Å². The molecule has 1 heterocycles. The van der Waals surface area contributed by atoms with E-state index in [1.54, 1.807) is 0 Å². The summed E-state index contributed by atoms with van der Waals surface area (Å²) in [4.78, 5) is 2.54. The van der Waals surface area contributed by atoms with E-state index in [9.17, 15) is 0 Å². The van der Waals surface area contributed by atoms with Gasteiger partial charge in [0, 0.05) is 29.1 Å². The summed E-state index contributed by atoms with van der Waals surface area (Å²) in [6.45, 7) is 8.31. The number of ether oxygens (including phenoxy) is 1. The Labute approximate surface area is 130 Å². The van der Waals surface area contributed by atoms with Gasteiger partial charge in [0.25, 0.3) is 0 Å². The third-order valence-electron chi connectivity index (χ3n) is 4.13.